The molecule has 5 nitrogen and oxygen atoms in total. The molecule has 0 unspecified atom stereocenters. The zero-order valence-electron chi connectivity index (χ0n) is 13.8. The molecule has 1 aliphatic rings. The predicted octanol–water partition coefficient (Wildman–Crippen LogP) is 2.01. The van der Waals surface area contributed by atoms with Gasteiger partial charge in [0.15, 0.2) is 0 Å². The molecule has 21 heavy (non-hydrogen) atoms. The van der Waals surface area contributed by atoms with Crippen LogP contribution >= 0.6 is 0 Å². The highest BCUT2D eigenvalue weighted by Gasteiger charge is 2.53. The Kier molecular flexibility index (Phi) is 4.13. The van der Waals surface area contributed by atoms with Crippen molar-refractivity contribution >= 4 is 12.6 Å². The van der Waals surface area contributed by atoms with Crippen LogP contribution in [-0.2, 0) is 9.31 Å². The summed E-state index contributed by atoms with van der Waals surface area (Å²) in [6.07, 6.45) is 0. The predicted molar refractivity (Wildman–Crippen MR) is 81.8 cm³/mol. The van der Waals surface area contributed by atoms with Crippen LogP contribution in [0, 0.1) is 0 Å². The highest BCUT2D eigenvalue weighted by Crippen LogP contribution is 2.39. The van der Waals surface area contributed by atoms with Crippen molar-refractivity contribution in [3.05, 3.63) is 12.1 Å². The van der Waals surface area contributed by atoms with Crippen molar-refractivity contribution < 1.29 is 23.5 Å². The lowest BCUT2D eigenvalue weighted by Crippen LogP contribution is -2.41. The van der Waals surface area contributed by atoms with E-state index >= 15 is 0 Å². The van der Waals surface area contributed by atoms with Crippen molar-refractivity contribution in [2.45, 2.75) is 38.9 Å². The van der Waals surface area contributed by atoms with Gasteiger partial charge in [0.25, 0.3) is 0 Å². The molecular formula is C15H23BO5. The highest BCUT2D eigenvalue weighted by molar-refractivity contribution is 6.64. The lowest BCUT2D eigenvalue weighted by Gasteiger charge is -2.32. The van der Waals surface area contributed by atoms with Crippen LogP contribution in [0.2, 0.25) is 0 Å². The molecule has 116 valence electrons. The van der Waals surface area contributed by atoms with E-state index in [1.54, 1.807) is 33.5 Å². The molecule has 0 radical (unpaired) electrons. The summed E-state index contributed by atoms with van der Waals surface area (Å²) in [6.45, 7) is 8.04. The van der Waals surface area contributed by atoms with E-state index in [0.717, 1.165) is 5.46 Å². The first kappa shape index (κ1) is 16.0. The lowest BCUT2D eigenvalue weighted by atomic mass is 9.77. The molecule has 1 aliphatic heterocycles. The first-order valence-corrected chi connectivity index (χ1v) is 6.91. The van der Waals surface area contributed by atoms with E-state index in [2.05, 4.69) is 0 Å². The van der Waals surface area contributed by atoms with Crippen molar-refractivity contribution in [1.82, 2.24) is 0 Å². The van der Waals surface area contributed by atoms with Crippen LogP contribution in [0.4, 0.5) is 0 Å². The standard InChI is InChI=1S/C15H23BO5/c1-14(2)15(3,4)21-16(20-14)13-11(18-6)8-10(17-5)9-12(13)19-7/h8-9H,1-7H3. The molecule has 6 heteroatoms. The fourth-order valence-electron chi connectivity index (χ4n) is 2.23. The normalized spacial score (nSPS) is 19.5. The number of rotatable bonds is 4. The molecule has 1 saturated heterocycles. The van der Waals surface area contributed by atoms with E-state index in [-0.39, 0.29) is 0 Å². The Balaban J connectivity index is 2.49. The summed E-state index contributed by atoms with van der Waals surface area (Å²) >= 11 is 0. The molecule has 1 aromatic carbocycles. The number of benzene rings is 1. The van der Waals surface area contributed by atoms with Gasteiger partial charge < -0.3 is 23.5 Å². The fraction of sp³-hybridized carbons (Fsp3) is 0.600. The van der Waals surface area contributed by atoms with Gasteiger partial charge in [-0.25, -0.2) is 0 Å². The van der Waals surface area contributed by atoms with Crippen molar-refractivity contribution in [2.75, 3.05) is 21.3 Å². The molecular weight excluding hydrogens is 271 g/mol. The molecule has 1 heterocycles. The second-order valence-corrected chi connectivity index (χ2v) is 6.03. The number of ether oxygens (including phenoxy) is 3. The van der Waals surface area contributed by atoms with E-state index in [4.69, 9.17) is 23.5 Å². The van der Waals surface area contributed by atoms with Gasteiger partial charge in [0.05, 0.1) is 38.0 Å². The summed E-state index contributed by atoms with van der Waals surface area (Å²) in [5.74, 6) is 1.89. The summed E-state index contributed by atoms with van der Waals surface area (Å²) < 4.78 is 28.3. The van der Waals surface area contributed by atoms with Gasteiger partial charge in [-0.05, 0) is 27.7 Å². The van der Waals surface area contributed by atoms with Crippen LogP contribution in [0.25, 0.3) is 0 Å². The van der Waals surface area contributed by atoms with E-state index in [1.807, 2.05) is 27.7 Å². The van der Waals surface area contributed by atoms with Gasteiger partial charge in [-0.3, -0.25) is 0 Å². The minimum absolute atomic E-state index is 0.423. The first-order valence-electron chi connectivity index (χ1n) is 6.91. The summed E-state index contributed by atoms with van der Waals surface area (Å²) in [4.78, 5) is 0. The summed E-state index contributed by atoms with van der Waals surface area (Å²) in [5, 5.41) is 0. The van der Waals surface area contributed by atoms with E-state index in [1.165, 1.54) is 0 Å². The Morgan fingerprint density at radius 3 is 1.57 bits per heavy atom. The smallest absolute Gasteiger partial charge is 0.497 e. The molecule has 0 amide bonds. The highest BCUT2D eigenvalue weighted by atomic mass is 16.7. The van der Waals surface area contributed by atoms with E-state index < -0.39 is 18.3 Å². The Bertz CT molecular complexity index is 486. The van der Waals surface area contributed by atoms with Crippen LogP contribution < -0.4 is 19.7 Å². The van der Waals surface area contributed by atoms with Crippen LogP contribution in [0.5, 0.6) is 17.2 Å². The van der Waals surface area contributed by atoms with Crippen LogP contribution in [-0.4, -0.2) is 39.6 Å². The molecule has 2 rings (SSSR count). The Morgan fingerprint density at radius 1 is 0.810 bits per heavy atom. The summed E-state index contributed by atoms with van der Waals surface area (Å²) in [6, 6.07) is 3.59. The topological polar surface area (TPSA) is 46.2 Å². The average Bonchev–Trinajstić information content (AvgIpc) is 2.65. The lowest BCUT2D eigenvalue weighted by molar-refractivity contribution is 0.00578. The molecule has 1 aromatic rings. The molecule has 0 aromatic heterocycles. The minimum Gasteiger partial charge on any atom is -0.497 e. The van der Waals surface area contributed by atoms with E-state index in [9.17, 15) is 0 Å². The van der Waals surface area contributed by atoms with Crippen LogP contribution in [0.15, 0.2) is 12.1 Å². The molecule has 0 aliphatic carbocycles. The van der Waals surface area contributed by atoms with Crippen molar-refractivity contribution in [3.63, 3.8) is 0 Å². The monoisotopic (exact) mass is 294 g/mol. The second-order valence-electron chi connectivity index (χ2n) is 6.03. The first-order chi connectivity index (χ1) is 9.75. The average molecular weight is 294 g/mol. The Morgan fingerprint density at radius 2 is 1.24 bits per heavy atom. The van der Waals surface area contributed by atoms with Gasteiger partial charge in [-0.15, -0.1) is 0 Å². The van der Waals surface area contributed by atoms with E-state index in [0.29, 0.717) is 17.2 Å². The quantitative estimate of drug-likeness (QED) is 0.795. The van der Waals surface area contributed by atoms with Crippen LogP contribution in [0.3, 0.4) is 0 Å². The Hall–Kier alpha value is -1.40. The third-order valence-corrected chi connectivity index (χ3v) is 4.24. The maximum Gasteiger partial charge on any atom is 0.502 e. The van der Waals surface area contributed by atoms with Crippen molar-refractivity contribution in [3.8, 4) is 17.2 Å². The molecule has 0 spiro atoms. The fourth-order valence-corrected chi connectivity index (χ4v) is 2.23. The van der Waals surface area contributed by atoms with Gasteiger partial charge in [0, 0.05) is 12.1 Å². The molecule has 1 fully saturated rings. The minimum atomic E-state index is -0.550. The van der Waals surface area contributed by atoms with Gasteiger partial charge in [0.2, 0.25) is 0 Å². The largest absolute Gasteiger partial charge is 0.502 e. The van der Waals surface area contributed by atoms with Gasteiger partial charge in [-0.1, -0.05) is 0 Å². The second kappa shape index (κ2) is 5.42. The summed E-state index contributed by atoms with van der Waals surface area (Å²) in [5.41, 5.74) is -0.110. The van der Waals surface area contributed by atoms with Gasteiger partial charge in [-0.2, -0.15) is 0 Å². The molecule has 0 N–H and O–H groups in total. The number of hydrogen-bond acceptors (Lipinski definition) is 5. The van der Waals surface area contributed by atoms with Crippen molar-refractivity contribution in [1.29, 1.82) is 0 Å². The molecule has 0 saturated carbocycles. The number of hydrogen-bond donors (Lipinski definition) is 0. The molecule has 0 bridgehead atoms. The SMILES string of the molecule is COc1cc(OC)c(B2OC(C)(C)C(C)(C)O2)c(OC)c1. The zero-order valence-corrected chi connectivity index (χ0v) is 13.8. The van der Waals surface area contributed by atoms with Gasteiger partial charge >= 0.3 is 7.12 Å². The van der Waals surface area contributed by atoms with Crippen LogP contribution in [0.1, 0.15) is 27.7 Å². The van der Waals surface area contributed by atoms with Crippen molar-refractivity contribution in [2.24, 2.45) is 0 Å². The third kappa shape index (κ3) is 2.70. The third-order valence-electron chi connectivity index (χ3n) is 4.24. The summed E-state index contributed by atoms with van der Waals surface area (Å²) in [7, 11) is 4.25. The maximum atomic E-state index is 6.09. The molecule has 0 atom stereocenters. The van der Waals surface area contributed by atoms with Gasteiger partial charge in [0.1, 0.15) is 17.2 Å². The Labute approximate surface area is 126 Å². The maximum absolute atomic E-state index is 6.09. The zero-order chi connectivity index (χ0) is 15.8. The number of methoxy groups -OCH3 is 3.